The molecule has 0 spiro atoms. The van der Waals surface area contributed by atoms with Crippen molar-refractivity contribution in [1.82, 2.24) is 19.8 Å². The number of rotatable bonds is 4. The third-order valence-corrected chi connectivity index (χ3v) is 4.38. The number of aryl methyl sites for hydroxylation is 1. The van der Waals surface area contributed by atoms with Gasteiger partial charge in [0.2, 0.25) is 0 Å². The zero-order chi connectivity index (χ0) is 15.4. The van der Waals surface area contributed by atoms with Gasteiger partial charge >= 0.3 is 0 Å². The number of hydrogen-bond acceptors (Lipinski definition) is 7. The average Bonchev–Trinajstić information content (AvgIpc) is 2.53. The van der Waals surface area contributed by atoms with Crippen LogP contribution in [0.25, 0.3) is 0 Å². The minimum atomic E-state index is 0.553. The number of ether oxygens (including phenoxy) is 1. The normalized spacial score (nSPS) is 21.2. The van der Waals surface area contributed by atoms with Crippen molar-refractivity contribution in [3.8, 4) is 0 Å². The van der Waals surface area contributed by atoms with Crippen LogP contribution in [-0.4, -0.2) is 85.3 Å². The number of morpholine rings is 1. The van der Waals surface area contributed by atoms with Crippen LogP contribution < -0.4 is 10.6 Å². The van der Waals surface area contributed by atoms with Crippen molar-refractivity contribution >= 4 is 11.6 Å². The van der Waals surface area contributed by atoms with Crippen molar-refractivity contribution in [3.05, 3.63) is 11.9 Å². The summed E-state index contributed by atoms with van der Waals surface area (Å²) in [6.07, 6.45) is 0. The van der Waals surface area contributed by atoms with E-state index in [1.165, 1.54) is 0 Å². The van der Waals surface area contributed by atoms with Crippen molar-refractivity contribution in [2.75, 3.05) is 76.2 Å². The van der Waals surface area contributed by atoms with E-state index in [2.05, 4.69) is 24.7 Å². The largest absolute Gasteiger partial charge is 0.384 e. The summed E-state index contributed by atoms with van der Waals surface area (Å²) in [6, 6.07) is 1.87. The molecule has 22 heavy (non-hydrogen) atoms. The molecule has 2 aliphatic rings. The van der Waals surface area contributed by atoms with Gasteiger partial charge in [-0.3, -0.25) is 9.80 Å². The lowest BCUT2D eigenvalue weighted by Gasteiger charge is -2.37. The lowest BCUT2D eigenvalue weighted by Crippen LogP contribution is -2.49. The van der Waals surface area contributed by atoms with Crippen molar-refractivity contribution in [3.63, 3.8) is 0 Å². The Bertz CT molecular complexity index is 463. The Balaban J connectivity index is 1.45. The van der Waals surface area contributed by atoms with E-state index in [1.54, 1.807) is 0 Å². The first-order valence-corrected chi connectivity index (χ1v) is 8.09. The number of nitrogens with zero attached hydrogens (tertiary/aromatic N) is 5. The molecular weight excluding hydrogens is 280 g/mol. The van der Waals surface area contributed by atoms with Gasteiger partial charge in [-0.2, -0.15) is 0 Å². The number of aromatic nitrogens is 2. The predicted molar refractivity (Wildman–Crippen MR) is 87.1 cm³/mol. The maximum absolute atomic E-state index is 5.82. The number of nitrogens with two attached hydrogens (primary N) is 1. The van der Waals surface area contributed by atoms with Crippen LogP contribution in [0.1, 0.15) is 5.82 Å². The van der Waals surface area contributed by atoms with Crippen LogP contribution in [0.5, 0.6) is 0 Å². The maximum atomic E-state index is 5.82. The Morgan fingerprint density at radius 2 is 1.64 bits per heavy atom. The fourth-order valence-corrected chi connectivity index (χ4v) is 3.04. The quantitative estimate of drug-likeness (QED) is 0.827. The molecule has 2 aliphatic heterocycles. The summed E-state index contributed by atoms with van der Waals surface area (Å²) in [6.45, 7) is 12.2. The summed E-state index contributed by atoms with van der Waals surface area (Å²) in [5.74, 6) is 2.25. The number of anilines is 2. The molecule has 122 valence electrons. The second kappa shape index (κ2) is 7.21. The van der Waals surface area contributed by atoms with Crippen molar-refractivity contribution < 1.29 is 4.74 Å². The molecule has 0 unspecified atom stereocenters. The fourth-order valence-electron chi connectivity index (χ4n) is 3.04. The van der Waals surface area contributed by atoms with Crippen LogP contribution in [0.4, 0.5) is 11.6 Å². The Labute approximate surface area is 132 Å². The lowest BCUT2D eigenvalue weighted by atomic mass is 10.3. The minimum absolute atomic E-state index is 0.553. The van der Waals surface area contributed by atoms with E-state index in [0.717, 1.165) is 77.2 Å². The Kier molecular flexibility index (Phi) is 5.07. The van der Waals surface area contributed by atoms with Gasteiger partial charge < -0.3 is 15.4 Å². The van der Waals surface area contributed by atoms with Gasteiger partial charge in [-0.25, -0.2) is 9.97 Å². The maximum Gasteiger partial charge on any atom is 0.134 e. The van der Waals surface area contributed by atoms with Gasteiger partial charge in [0, 0.05) is 58.4 Å². The van der Waals surface area contributed by atoms with Crippen LogP contribution in [0.15, 0.2) is 6.07 Å². The van der Waals surface area contributed by atoms with Crippen LogP contribution >= 0.6 is 0 Å². The molecule has 2 saturated heterocycles. The molecule has 3 rings (SSSR count). The van der Waals surface area contributed by atoms with Crippen molar-refractivity contribution in [2.24, 2.45) is 0 Å². The summed E-state index contributed by atoms with van der Waals surface area (Å²) in [4.78, 5) is 16.0. The molecule has 0 bridgehead atoms. The lowest BCUT2D eigenvalue weighted by molar-refractivity contribution is 0.0331. The Morgan fingerprint density at radius 1 is 1.00 bits per heavy atom. The molecule has 7 heteroatoms. The molecule has 1 aromatic rings. The first-order chi connectivity index (χ1) is 10.7. The molecule has 2 N–H and O–H groups in total. The minimum Gasteiger partial charge on any atom is -0.384 e. The smallest absolute Gasteiger partial charge is 0.134 e. The monoisotopic (exact) mass is 306 g/mol. The van der Waals surface area contributed by atoms with Crippen molar-refractivity contribution in [1.29, 1.82) is 0 Å². The van der Waals surface area contributed by atoms with Gasteiger partial charge in [-0.15, -0.1) is 0 Å². The van der Waals surface area contributed by atoms with Crippen LogP contribution in [0.2, 0.25) is 0 Å². The number of hydrogen-bond donors (Lipinski definition) is 1. The second-order valence-electron chi connectivity index (χ2n) is 5.98. The Morgan fingerprint density at radius 3 is 2.27 bits per heavy atom. The van der Waals surface area contributed by atoms with Gasteiger partial charge in [0.1, 0.15) is 17.5 Å². The molecule has 0 saturated carbocycles. The summed E-state index contributed by atoms with van der Waals surface area (Å²) in [5, 5.41) is 0. The Hall–Kier alpha value is -1.44. The molecule has 0 aromatic carbocycles. The molecule has 0 atom stereocenters. The summed E-state index contributed by atoms with van der Waals surface area (Å²) >= 11 is 0. The van der Waals surface area contributed by atoms with E-state index in [9.17, 15) is 0 Å². The molecular formula is C15H26N6O. The summed E-state index contributed by atoms with van der Waals surface area (Å²) in [7, 11) is 0. The van der Waals surface area contributed by atoms with Crippen LogP contribution in [0, 0.1) is 6.92 Å². The van der Waals surface area contributed by atoms with E-state index in [1.807, 2.05) is 13.0 Å². The zero-order valence-corrected chi connectivity index (χ0v) is 13.4. The average molecular weight is 306 g/mol. The molecule has 0 amide bonds. The third kappa shape index (κ3) is 4.06. The zero-order valence-electron chi connectivity index (χ0n) is 13.4. The molecule has 2 fully saturated rings. The van der Waals surface area contributed by atoms with Crippen molar-refractivity contribution in [2.45, 2.75) is 6.92 Å². The molecule has 0 radical (unpaired) electrons. The summed E-state index contributed by atoms with van der Waals surface area (Å²) in [5.41, 5.74) is 5.82. The van der Waals surface area contributed by atoms with E-state index in [0.29, 0.717) is 5.82 Å². The highest BCUT2D eigenvalue weighted by Crippen LogP contribution is 2.16. The SMILES string of the molecule is Cc1nc(N)cc(N2CCN(CCN3CCOCC3)CC2)n1. The highest BCUT2D eigenvalue weighted by Gasteiger charge is 2.19. The highest BCUT2D eigenvalue weighted by atomic mass is 16.5. The molecule has 1 aromatic heterocycles. The molecule has 3 heterocycles. The second-order valence-corrected chi connectivity index (χ2v) is 5.98. The first kappa shape index (κ1) is 15.5. The number of nitrogen functional groups attached to an aromatic ring is 1. The van der Waals surface area contributed by atoms with Gasteiger partial charge in [-0.1, -0.05) is 0 Å². The topological polar surface area (TPSA) is 70.8 Å². The van der Waals surface area contributed by atoms with Crippen LogP contribution in [-0.2, 0) is 4.74 Å². The first-order valence-electron chi connectivity index (χ1n) is 8.09. The van der Waals surface area contributed by atoms with E-state index >= 15 is 0 Å². The third-order valence-electron chi connectivity index (χ3n) is 4.38. The molecule has 0 aliphatic carbocycles. The molecule has 7 nitrogen and oxygen atoms in total. The van der Waals surface area contributed by atoms with E-state index in [-0.39, 0.29) is 0 Å². The van der Waals surface area contributed by atoms with E-state index in [4.69, 9.17) is 10.5 Å². The van der Waals surface area contributed by atoms with Gasteiger partial charge in [0.05, 0.1) is 13.2 Å². The van der Waals surface area contributed by atoms with E-state index < -0.39 is 0 Å². The van der Waals surface area contributed by atoms with Gasteiger partial charge in [0.25, 0.3) is 0 Å². The standard InChI is InChI=1S/C15H26N6O/c1-13-17-14(16)12-15(18-13)21-6-4-19(5-7-21)2-3-20-8-10-22-11-9-20/h12H,2-11H2,1H3,(H2,16,17,18). The highest BCUT2D eigenvalue weighted by molar-refractivity contribution is 5.47. The predicted octanol–water partition coefficient (Wildman–Crippen LogP) is -0.179. The fraction of sp³-hybridized carbons (Fsp3) is 0.733. The summed E-state index contributed by atoms with van der Waals surface area (Å²) < 4.78 is 5.39. The van der Waals surface area contributed by atoms with Gasteiger partial charge in [0.15, 0.2) is 0 Å². The van der Waals surface area contributed by atoms with Gasteiger partial charge in [-0.05, 0) is 6.92 Å². The van der Waals surface area contributed by atoms with Crippen LogP contribution in [0.3, 0.4) is 0 Å². The number of piperazine rings is 1.